The highest BCUT2D eigenvalue weighted by atomic mass is 32.1. The molecule has 0 aliphatic rings. The van der Waals surface area contributed by atoms with Crippen LogP contribution in [0.15, 0.2) is 95.7 Å². The minimum absolute atomic E-state index is 0.0464. The van der Waals surface area contributed by atoms with E-state index >= 15 is 0 Å². The maximum absolute atomic E-state index is 2.68. The van der Waals surface area contributed by atoms with Gasteiger partial charge in [0.25, 0.3) is 0 Å². The van der Waals surface area contributed by atoms with Crippen molar-refractivity contribution in [3.05, 3.63) is 107 Å². The molecule has 4 heteroatoms. The summed E-state index contributed by atoms with van der Waals surface area (Å²) in [5.41, 5.74) is 10.8. The van der Waals surface area contributed by atoms with Crippen LogP contribution in [0.4, 0.5) is 0 Å². The second-order valence-corrected chi connectivity index (χ2v) is 18.4. The van der Waals surface area contributed by atoms with E-state index in [1.54, 1.807) is 0 Å². The van der Waals surface area contributed by atoms with E-state index in [-0.39, 0.29) is 10.8 Å². The second-order valence-electron chi connectivity index (χ2n) is 16.6. The zero-order valence-electron chi connectivity index (χ0n) is 28.9. The number of rotatable bonds is 0. The minimum atomic E-state index is 0.0464. The van der Waals surface area contributed by atoms with Gasteiger partial charge in [0.1, 0.15) is 0 Å². The average molecular weight is 679 g/mol. The van der Waals surface area contributed by atoms with Gasteiger partial charge >= 0.3 is 0 Å². The van der Waals surface area contributed by atoms with Gasteiger partial charge in [-0.15, -0.1) is 22.7 Å². The molecule has 0 aliphatic carbocycles. The van der Waals surface area contributed by atoms with Crippen molar-refractivity contribution in [2.75, 3.05) is 0 Å². The van der Waals surface area contributed by atoms with Gasteiger partial charge in [0.2, 0.25) is 0 Å². The molecule has 0 fully saturated rings. The van der Waals surface area contributed by atoms with Crippen molar-refractivity contribution in [2.45, 2.75) is 52.4 Å². The summed E-state index contributed by atoms with van der Waals surface area (Å²) in [6.07, 6.45) is 0. The highest BCUT2D eigenvalue weighted by Gasteiger charge is 2.30. The lowest BCUT2D eigenvalue weighted by Crippen LogP contribution is -2.11. The molecule has 6 heterocycles. The van der Waals surface area contributed by atoms with Crippen molar-refractivity contribution in [3.8, 4) is 0 Å². The first kappa shape index (κ1) is 27.9. The molecule has 0 amide bonds. The SMILES string of the molecule is CC(C)(C)c1ccc2c(c1)c1cccc3c4sccc4c4c(c13)n2c1c2c3ccsc3c3cccc5c6cc(C(C)(C)C)ccc6n(c2c53)c41. The third-order valence-corrected chi connectivity index (χ3v) is 13.7. The monoisotopic (exact) mass is 678 g/mol. The predicted molar refractivity (Wildman–Crippen MR) is 221 cm³/mol. The summed E-state index contributed by atoms with van der Waals surface area (Å²) in [6.45, 7) is 14.0. The topological polar surface area (TPSA) is 8.82 Å². The van der Waals surface area contributed by atoms with Gasteiger partial charge in [-0.2, -0.15) is 0 Å². The number of benzene rings is 6. The van der Waals surface area contributed by atoms with Crippen LogP contribution in [-0.2, 0) is 10.8 Å². The first-order valence-corrected chi connectivity index (χ1v) is 19.4. The van der Waals surface area contributed by atoms with Crippen LogP contribution in [0.1, 0.15) is 52.7 Å². The summed E-state index contributed by atoms with van der Waals surface area (Å²) >= 11 is 3.77. The summed E-state index contributed by atoms with van der Waals surface area (Å²) < 4.78 is 8.12. The minimum Gasteiger partial charge on any atom is -0.306 e. The van der Waals surface area contributed by atoms with E-state index in [1.165, 1.54) is 118 Å². The smallest absolute Gasteiger partial charge is 0.0811 e. The Morgan fingerprint density at radius 1 is 0.400 bits per heavy atom. The average Bonchev–Trinajstić information content (AvgIpc) is 3.89. The fraction of sp³-hybridized carbons (Fsp3) is 0.174. The van der Waals surface area contributed by atoms with E-state index in [1.807, 2.05) is 22.7 Å². The van der Waals surface area contributed by atoms with Crippen LogP contribution in [0.3, 0.4) is 0 Å². The van der Waals surface area contributed by atoms with Gasteiger partial charge in [0.15, 0.2) is 0 Å². The van der Waals surface area contributed by atoms with Gasteiger partial charge < -0.3 is 8.80 Å². The quantitative estimate of drug-likeness (QED) is 0.111. The van der Waals surface area contributed by atoms with Crippen LogP contribution in [0.2, 0.25) is 0 Å². The van der Waals surface area contributed by atoms with Crippen LogP contribution in [-0.4, -0.2) is 8.80 Å². The van der Waals surface area contributed by atoms with E-state index in [0.717, 1.165) is 0 Å². The Kier molecular flexibility index (Phi) is 4.84. The standard InChI is InChI=1S/C46H34N2S2/c1-45(2,3)23-13-15-33-31(21-23)25-9-7-11-27-35(25)39-37(29-17-19-49-43(27)29)42-41(47(33)39)38-30-18-20-50-44(30)28-12-8-10-26-32-22-24(46(4,5)6)14-16-34(32)48(42)40(38)36(26)28/h7-22H,1-6H3. The summed E-state index contributed by atoms with van der Waals surface area (Å²) in [7, 11) is 0. The third kappa shape index (κ3) is 3.10. The normalized spacial score (nSPS) is 13.8. The number of pyridine rings is 2. The summed E-state index contributed by atoms with van der Waals surface area (Å²) in [4.78, 5) is 0. The zero-order valence-corrected chi connectivity index (χ0v) is 30.6. The zero-order chi connectivity index (χ0) is 33.6. The number of fused-ring (bicyclic) bond motifs is 17. The summed E-state index contributed by atoms with van der Waals surface area (Å²) in [5.74, 6) is 0. The number of hydrogen-bond acceptors (Lipinski definition) is 2. The fourth-order valence-corrected chi connectivity index (χ4v) is 11.4. The highest BCUT2D eigenvalue weighted by molar-refractivity contribution is 7.19. The number of thiophene rings is 2. The van der Waals surface area contributed by atoms with Crippen LogP contribution in [0.25, 0.3) is 107 Å². The first-order chi connectivity index (χ1) is 24.1. The molecule has 0 aliphatic heterocycles. The maximum atomic E-state index is 2.68. The van der Waals surface area contributed by atoms with Gasteiger partial charge in [0, 0.05) is 63.3 Å². The molecule has 0 atom stereocenters. The molecule has 0 spiro atoms. The molecule has 0 saturated carbocycles. The first-order valence-electron chi connectivity index (χ1n) is 17.7. The molecule has 0 bridgehead atoms. The molecule has 6 aromatic heterocycles. The number of nitrogens with zero attached hydrogens (tertiary/aromatic N) is 2. The Bertz CT molecular complexity index is 3210. The summed E-state index contributed by atoms with van der Waals surface area (Å²) in [5, 5.41) is 20.9. The molecular weight excluding hydrogens is 645 g/mol. The molecule has 0 N–H and O–H groups in total. The molecule has 50 heavy (non-hydrogen) atoms. The molecule has 12 rings (SSSR count). The van der Waals surface area contributed by atoms with Gasteiger partial charge in [-0.3, -0.25) is 0 Å². The van der Waals surface area contributed by atoms with E-state index in [4.69, 9.17) is 0 Å². The van der Waals surface area contributed by atoms with Gasteiger partial charge in [-0.25, -0.2) is 0 Å². The van der Waals surface area contributed by atoms with Gasteiger partial charge in [-0.1, -0.05) is 90.1 Å². The van der Waals surface area contributed by atoms with Gasteiger partial charge in [0.05, 0.1) is 33.1 Å². The Labute approximate surface area is 296 Å². The lowest BCUT2D eigenvalue weighted by molar-refractivity contribution is 0.591. The largest absolute Gasteiger partial charge is 0.306 e. The summed E-state index contributed by atoms with van der Waals surface area (Å²) in [6, 6.07) is 33.3. The molecule has 240 valence electrons. The Balaban J connectivity index is 1.50. The Morgan fingerprint density at radius 3 is 1.22 bits per heavy atom. The molecule has 6 aromatic carbocycles. The van der Waals surface area contributed by atoms with Crippen molar-refractivity contribution >= 4 is 130 Å². The van der Waals surface area contributed by atoms with Crippen LogP contribution in [0, 0.1) is 0 Å². The molecule has 2 nitrogen and oxygen atoms in total. The fourth-order valence-electron chi connectivity index (χ4n) is 9.51. The van der Waals surface area contributed by atoms with E-state index < -0.39 is 0 Å². The maximum Gasteiger partial charge on any atom is 0.0811 e. The Morgan fingerprint density at radius 2 is 0.800 bits per heavy atom. The van der Waals surface area contributed by atoms with E-state index in [0.29, 0.717) is 0 Å². The van der Waals surface area contributed by atoms with Gasteiger partial charge in [-0.05, 0) is 79.9 Å². The lowest BCUT2D eigenvalue weighted by Gasteiger charge is -2.22. The van der Waals surface area contributed by atoms with Crippen molar-refractivity contribution in [3.63, 3.8) is 0 Å². The van der Waals surface area contributed by atoms with Crippen LogP contribution >= 0.6 is 22.7 Å². The van der Waals surface area contributed by atoms with Crippen molar-refractivity contribution in [1.29, 1.82) is 0 Å². The second kappa shape index (κ2) is 8.69. The Hall–Kier alpha value is -4.90. The predicted octanol–water partition coefficient (Wildman–Crippen LogP) is 14.2. The number of aromatic nitrogens is 2. The third-order valence-electron chi connectivity index (χ3n) is 11.8. The van der Waals surface area contributed by atoms with E-state index in [9.17, 15) is 0 Å². The molecule has 0 unspecified atom stereocenters. The van der Waals surface area contributed by atoms with Crippen LogP contribution in [0.5, 0.6) is 0 Å². The molecule has 0 saturated heterocycles. The molecule has 12 aromatic rings. The van der Waals surface area contributed by atoms with Crippen molar-refractivity contribution < 1.29 is 0 Å². The molecular formula is C46H34N2S2. The highest BCUT2D eigenvalue weighted by Crippen LogP contribution is 2.53. The van der Waals surface area contributed by atoms with Crippen molar-refractivity contribution in [2.24, 2.45) is 0 Å². The van der Waals surface area contributed by atoms with E-state index in [2.05, 4.69) is 146 Å². The van der Waals surface area contributed by atoms with Crippen LogP contribution < -0.4 is 0 Å². The lowest BCUT2D eigenvalue weighted by atomic mass is 9.85. The molecule has 0 radical (unpaired) electrons. The van der Waals surface area contributed by atoms with Crippen molar-refractivity contribution in [1.82, 2.24) is 8.80 Å². The number of hydrogen-bond donors (Lipinski definition) is 0.